The lowest BCUT2D eigenvalue weighted by molar-refractivity contribution is -0.147. The van der Waals surface area contributed by atoms with E-state index >= 15 is 0 Å². The average Bonchev–Trinajstić information content (AvgIpc) is 2.32. The molecule has 1 heterocycles. The minimum absolute atomic E-state index is 0.0540. The smallest absolute Gasteiger partial charge is 0.229 e. The lowest BCUT2D eigenvalue weighted by Gasteiger charge is -2.31. The summed E-state index contributed by atoms with van der Waals surface area (Å²) < 4.78 is 0. The largest absolute Gasteiger partial charge is 0.328 e. The Morgan fingerprint density at radius 1 is 1.20 bits per heavy atom. The van der Waals surface area contributed by atoms with Gasteiger partial charge in [-0.25, -0.2) is 0 Å². The van der Waals surface area contributed by atoms with Gasteiger partial charge in [0.1, 0.15) is 0 Å². The summed E-state index contributed by atoms with van der Waals surface area (Å²) in [6, 6.07) is -0.136. The van der Waals surface area contributed by atoms with E-state index in [0.29, 0.717) is 19.4 Å². The molecule has 1 aliphatic rings. The first-order valence-electron chi connectivity index (χ1n) is 5.63. The molecule has 86 valence electrons. The zero-order valence-corrected chi connectivity index (χ0v) is 9.53. The van der Waals surface area contributed by atoms with Gasteiger partial charge in [-0.1, -0.05) is 13.8 Å². The maximum absolute atomic E-state index is 11.8. The van der Waals surface area contributed by atoms with Crippen molar-refractivity contribution in [3.8, 4) is 0 Å². The highest BCUT2D eigenvalue weighted by atomic mass is 16.2. The number of hydrogen-bond donors (Lipinski definition) is 1. The Kier molecular flexibility index (Phi) is 4.27. The van der Waals surface area contributed by atoms with Gasteiger partial charge < -0.3 is 5.73 Å². The predicted octanol–water partition coefficient (Wildman–Crippen LogP) is 0.899. The van der Waals surface area contributed by atoms with Gasteiger partial charge >= 0.3 is 0 Å². The Labute approximate surface area is 90.8 Å². The third-order valence-electron chi connectivity index (χ3n) is 2.91. The second-order valence-electron chi connectivity index (χ2n) is 4.41. The Bertz CT molecular complexity index is 233. The fourth-order valence-electron chi connectivity index (χ4n) is 1.98. The number of likely N-dealkylation sites (tertiary alicyclic amines) is 1. The number of rotatable bonds is 3. The first kappa shape index (κ1) is 12.2. The van der Waals surface area contributed by atoms with Crippen LogP contribution in [-0.2, 0) is 9.59 Å². The molecule has 15 heavy (non-hydrogen) atoms. The Morgan fingerprint density at radius 3 is 2.00 bits per heavy atom. The lowest BCUT2D eigenvalue weighted by Crippen LogP contribution is -2.49. The second-order valence-corrected chi connectivity index (χ2v) is 4.41. The van der Waals surface area contributed by atoms with Gasteiger partial charge in [0, 0.05) is 19.4 Å². The van der Waals surface area contributed by atoms with Crippen LogP contribution in [0.2, 0.25) is 0 Å². The van der Waals surface area contributed by atoms with Crippen molar-refractivity contribution in [3.05, 3.63) is 0 Å². The Hall–Kier alpha value is -0.900. The number of nitrogens with zero attached hydrogens (tertiary/aromatic N) is 1. The molecule has 0 spiro atoms. The Balaban J connectivity index is 2.85. The number of carbonyl (C=O) groups is 2. The molecule has 0 aromatic heterocycles. The summed E-state index contributed by atoms with van der Waals surface area (Å²) in [7, 11) is 0. The molecule has 0 radical (unpaired) electrons. The molecule has 1 aliphatic heterocycles. The normalized spacial score (nSPS) is 20.7. The van der Waals surface area contributed by atoms with Crippen molar-refractivity contribution in [1.29, 1.82) is 0 Å². The summed E-state index contributed by atoms with van der Waals surface area (Å²) in [5.41, 5.74) is 5.63. The molecule has 4 heteroatoms. The van der Waals surface area contributed by atoms with Crippen molar-refractivity contribution in [3.63, 3.8) is 0 Å². The van der Waals surface area contributed by atoms with Crippen LogP contribution in [-0.4, -0.2) is 29.3 Å². The van der Waals surface area contributed by atoms with Crippen molar-refractivity contribution < 1.29 is 9.59 Å². The molecular formula is C11H20N2O2. The van der Waals surface area contributed by atoms with Crippen molar-refractivity contribution in [2.75, 3.05) is 6.54 Å². The monoisotopic (exact) mass is 212 g/mol. The minimum Gasteiger partial charge on any atom is -0.328 e. The molecule has 1 atom stereocenters. The zero-order chi connectivity index (χ0) is 11.4. The highest BCUT2D eigenvalue weighted by molar-refractivity contribution is 5.96. The van der Waals surface area contributed by atoms with E-state index in [9.17, 15) is 9.59 Å². The van der Waals surface area contributed by atoms with E-state index in [1.54, 1.807) is 0 Å². The van der Waals surface area contributed by atoms with E-state index in [-0.39, 0.29) is 23.8 Å². The molecular weight excluding hydrogens is 192 g/mol. The molecule has 0 aromatic carbocycles. The van der Waals surface area contributed by atoms with E-state index in [2.05, 4.69) is 0 Å². The van der Waals surface area contributed by atoms with Crippen LogP contribution in [0.25, 0.3) is 0 Å². The van der Waals surface area contributed by atoms with Crippen LogP contribution in [0.4, 0.5) is 0 Å². The van der Waals surface area contributed by atoms with E-state index in [1.165, 1.54) is 4.90 Å². The summed E-state index contributed by atoms with van der Waals surface area (Å²) in [5, 5.41) is 0. The van der Waals surface area contributed by atoms with E-state index < -0.39 is 0 Å². The van der Waals surface area contributed by atoms with Gasteiger partial charge in [0.2, 0.25) is 11.8 Å². The predicted molar refractivity (Wildman–Crippen MR) is 58.0 cm³/mol. The molecule has 2 amide bonds. The van der Waals surface area contributed by atoms with Gasteiger partial charge in [-0.2, -0.15) is 0 Å². The van der Waals surface area contributed by atoms with Gasteiger partial charge in [-0.15, -0.1) is 0 Å². The van der Waals surface area contributed by atoms with Crippen molar-refractivity contribution >= 4 is 11.8 Å². The number of nitrogens with two attached hydrogens (primary N) is 1. The van der Waals surface area contributed by atoms with Crippen LogP contribution in [0.15, 0.2) is 0 Å². The van der Waals surface area contributed by atoms with Crippen LogP contribution < -0.4 is 5.73 Å². The van der Waals surface area contributed by atoms with Gasteiger partial charge in [0.25, 0.3) is 0 Å². The van der Waals surface area contributed by atoms with Crippen LogP contribution >= 0.6 is 0 Å². The van der Waals surface area contributed by atoms with Crippen LogP contribution in [0.5, 0.6) is 0 Å². The van der Waals surface area contributed by atoms with E-state index in [1.807, 2.05) is 13.8 Å². The first-order valence-corrected chi connectivity index (χ1v) is 5.63. The van der Waals surface area contributed by atoms with Gasteiger partial charge in [-0.3, -0.25) is 14.5 Å². The quantitative estimate of drug-likeness (QED) is 0.707. The maximum atomic E-state index is 11.8. The average molecular weight is 212 g/mol. The van der Waals surface area contributed by atoms with Crippen molar-refractivity contribution in [2.45, 2.75) is 45.6 Å². The molecule has 4 nitrogen and oxygen atoms in total. The summed E-state index contributed by atoms with van der Waals surface area (Å²) in [6.45, 7) is 4.33. The van der Waals surface area contributed by atoms with Crippen LogP contribution in [0.1, 0.15) is 39.5 Å². The topological polar surface area (TPSA) is 63.4 Å². The maximum Gasteiger partial charge on any atom is 0.229 e. The molecule has 1 rings (SSSR count). The Morgan fingerprint density at radius 2 is 1.67 bits per heavy atom. The standard InChI is InChI=1S/C11H20N2O2/c1-8(2)9(7-12)13-10(14)5-3-4-6-11(13)15/h8-9H,3-7,12H2,1-2H3. The SMILES string of the molecule is CC(C)C(CN)N1C(=O)CCCCC1=O. The zero-order valence-electron chi connectivity index (χ0n) is 9.53. The van der Waals surface area contributed by atoms with Crippen LogP contribution in [0.3, 0.4) is 0 Å². The highest BCUT2D eigenvalue weighted by Gasteiger charge is 2.31. The highest BCUT2D eigenvalue weighted by Crippen LogP contribution is 2.18. The fraction of sp³-hybridized carbons (Fsp3) is 0.818. The lowest BCUT2D eigenvalue weighted by atomic mass is 10.0. The van der Waals surface area contributed by atoms with Crippen molar-refractivity contribution in [2.24, 2.45) is 11.7 Å². The number of carbonyl (C=O) groups excluding carboxylic acids is 2. The molecule has 1 saturated heterocycles. The van der Waals surface area contributed by atoms with E-state index in [4.69, 9.17) is 5.73 Å². The van der Waals surface area contributed by atoms with Gasteiger partial charge in [-0.05, 0) is 18.8 Å². The second kappa shape index (κ2) is 5.26. The number of imide groups is 1. The van der Waals surface area contributed by atoms with Gasteiger partial charge in [0.05, 0.1) is 6.04 Å². The fourth-order valence-corrected chi connectivity index (χ4v) is 1.98. The summed E-state index contributed by atoms with van der Waals surface area (Å²) in [4.78, 5) is 25.0. The molecule has 1 fully saturated rings. The molecule has 0 saturated carbocycles. The first-order chi connectivity index (χ1) is 7.07. The molecule has 1 unspecified atom stereocenters. The molecule has 0 aromatic rings. The number of amides is 2. The van der Waals surface area contributed by atoms with Gasteiger partial charge in [0.15, 0.2) is 0 Å². The minimum atomic E-state index is -0.136. The van der Waals surface area contributed by atoms with Crippen LogP contribution in [0, 0.1) is 5.92 Å². The third kappa shape index (κ3) is 2.78. The summed E-state index contributed by atoms with van der Waals surface area (Å²) >= 11 is 0. The van der Waals surface area contributed by atoms with Crippen molar-refractivity contribution in [1.82, 2.24) is 4.90 Å². The summed E-state index contributed by atoms with van der Waals surface area (Å²) in [5.74, 6) is 0.115. The summed E-state index contributed by atoms with van der Waals surface area (Å²) in [6.07, 6.45) is 2.59. The molecule has 0 aliphatic carbocycles. The molecule has 0 bridgehead atoms. The third-order valence-corrected chi connectivity index (χ3v) is 2.91. The van der Waals surface area contributed by atoms with E-state index in [0.717, 1.165) is 12.8 Å². The number of hydrogen-bond acceptors (Lipinski definition) is 3. The molecule has 2 N–H and O–H groups in total.